The molecule has 0 bridgehead atoms. The van der Waals surface area contributed by atoms with Crippen LogP contribution in [0.25, 0.3) is 6.08 Å². The minimum atomic E-state index is -4.45. The van der Waals surface area contributed by atoms with Gasteiger partial charge < -0.3 is 19.5 Å². The van der Waals surface area contributed by atoms with Gasteiger partial charge in [-0.15, -0.1) is 0 Å². The van der Waals surface area contributed by atoms with E-state index in [-0.39, 0.29) is 18.3 Å². The van der Waals surface area contributed by atoms with Crippen molar-refractivity contribution in [1.82, 2.24) is 10.3 Å². The first-order valence-corrected chi connectivity index (χ1v) is 8.83. The van der Waals surface area contributed by atoms with Gasteiger partial charge in [0.2, 0.25) is 11.8 Å². The molecule has 2 aromatic rings. The lowest BCUT2D eigenvalue weighted by Gasteiger charge is -2.10. The van der Waals surface area contributed by atoms with E-state index in [4.69, 9.17) is 9.47 Å². The summed E-state index contributed by atoms with van der Waals surface area (Å²) in [6.07, 6.45) is 1.41. The average molecular weight is 422 g/mol. The molecule has 6 nitrogen and oxygen atoms in total. The molecule has 0 spiro atoms. The molecule has 0 saturated heterocycles. The summed E-state index contributed by atoms with van der Waals surface area (Å²) in [6.45, 7) is 2.59. The molecule has 0 aliphatic heterocycles. The summed E-state index contributed by atoms with van der Waals surface area (Å²) in [5.74, 6) is 0.527. The second-order valence-electron chi connectivity index (χ2n) is 5.97. The number of carbonyl (C=O) groups excluding carboxylic acids is 1. The van der Waals surface area contributed by atoms with Crippen molar-refractivity contribution in [3.63, 3.8) is 0 Å². The van der Waals surface area contributed by atoms with Gasteiger partial charge in [0.1, 0.15) is 6.61 Å². The molecule has 0 aliphatic carbocycles. The van der Waals surface area contributed by atoms with Crippen molar-refractivity contribution in [2.24, 2.45) is 0 Å². The Kier molecular flexibility index (Phi) is 8.28. The number of methoxy groups -OCH3 is 1. The third-order valence-corrected chi connectivity index (χ3v) is 3.62. The molecule has 0 aliphatic rings. The number of pyridine rings is 1. The zero-order chi connectivity index (χ0) is 22.0. The van der Waals surface area contributed by atoms with Crippen molar-refractivity contribution in [2.45, 2.75) is 12.7 Å². The Balaban J connectivity index is 1.91. The van der Waals surface area contributed by atoms with Crippen LogP contribution in [0.4, 0.5) is 13.2 Å². The van der Waals surface area contributed by atoms with Crippen LogP contribution >= 0.6 is 0 Å². The molecule has 0 saturated carbocycles. The van der Waals surface area contributed by atoms with E-state index >= 15 is 0 Å². The smallest absolute Gasteiger partial charge is 0.422 e. The number of carbonyl (C=O) groups is 1. The van der Waals surface area contributed by atoms with Crippen LogP contribution in [-0.2, 0) is 11.3 Å². The van der Waals surface area contributed by atoms with Gasteiger partial charge in [-0.2, -0.15) is 13.2 Å². The van der Waals surface area contributed by atoms with Gasteiger partial charge in [0.15, 0.2) is 18.1 Å². The van der Waals surface area contributed by atoms with Crippen molar-refractivity contribution >= 4 is 12.0 Å². The molecule has 2 rings (SSSR count). The highest BCUT2D eigenvalue weighted by Gasteiger charge is 2.28. The summed E-state index contributed by atoms with van der Waals surface area (Å²) in [6, 6.07) is 8.10. The maximum Gasteiger partial charge on any atom is 0.422 e. The number of rotatable bonds is 10. The number of hydrogen-bond donors (Lipinski definition) is 1. The number of benzene rings is 1. The van der Waals surface area contributed by atoms with E-state index in [0.717, 1.165) is 5.56 Å². The maximum atomic E-state index is 12.2. The van der Waals surface area contributed by atoms with E-state index < -0.39 is 12.8 Å². The van der Waals surface area contributed by atoms with Gasteiger partial charge in [-0.1, -0.05) is 18.7 Å². The van der Waals surface area contributed by atoms with Crippen molar-refractivity contribution in [1.29, 1.82) is 0 Å². The van der Waals surface area contributed by atoms with E-state index in [9.17, 15) is 18.0 Å². The lowest BCUT2D eigenvalue weighted by Crippen LogP contribution is -2.21. The minimum absolute atomic E-state index is 0.103. The number of alkyl halides is 3. The van der Waals surface area contributed by atoms with Crippen LogP contribution in [0.5, 0.6) is 17.4 Å². The van der Waals surface area contributed by atoms with E-state index in [1.807, 2.05) is 0 Å². The third-order valence-electron chi connectivity index (χ3n) is 3.62. The quantitative estimate of drug-likeness (QED) is 0.464. The molecule has 1 heterocycles. The summed E-state index contributed by atoms with van der Waals surface area (Å²) in [7, 11) is 1.51. The van der Waals surface area contributed by atoms with Gasteiger partial charge in [0.25, 0.3) is 0 Å². The number of aromatic nitrogens is 1. The summed E-state index contributed by atoms with van der Waals surface area (Å²) in [4.78, 5) is 15.7. The Bertz CT molecular complexity index is 898. The second kappa shape index (κ2) is 10.9. The summed E-state index contributed by atoms with van der Waals surface area (Å²) < 4.78 is 51.9. The molecule has 0 radical (unpaired) electrons. The standard InChI is InChI=1S/C21H21F3N2O4/c1-3-10-29-17-6-4-15(11-18(17)28-2)5-7-19(27)26-13-16-8-9-25-20(12-16)30-14-21(22,23)24/h3-9,11-12H,1,10,13-14H2,2H3,(H,26,27)/b7-5+. The molecular formula is C21H21F3N2O4. The van der Waals surface area contributed by atoms with Crippen LogP contribution in [0.15, 0.2) is 55.3 Å². The van der Waals surface area contributed by atoms with Crippen LogP contribution in [0.3, 0.4) is 0 Å². The Morgan fingerprint density at radius 3 is 2.70 bits per heavy atom. The zero-order valence-corrected chi connectivity index (χ0v) is 16.2. The monoisotopic (exact) mass is 422 g/mol. The van der Waals surface area contributed by atoms with E-state index in [1.54, 1.807) is 36.4 Å². The molecule has 1 aromatic carbocycles. The van der Waals surface area contributed by atoms with Crippen LogP contribution in [-0.4, -0.2) is 37.4 Å². The lowest BCUT2D eigenvalue weighted by molar-refractivity contribution is -0.154. The van der Waals surface area contributed by atoms with Gasteiger partial charge in [-0.25, -0.2) is 4.98 Å². The molecule has 1 aromatic heterocycles. The number of amides is 1. The first-order valence-electron chi connectivity index (χ1n) is 8.83. The van der Waals surface area contributed by atoms with Crippen molar-refractivity contribution in [3.8, 4) is 17.4 Å². The van der Waals surface area contributed by atoms with Gasteiger partial charge in [0.05, 0.1) is 7.11 Å². The lowest BCUT2D eigenvalue weighted by atomic mass is 10.2. The molecular weight excluding hydrogens is 401 g/mol. The Morgan fingerprint density at radius 2 is 2.00 bits per heavy atom. The molecule has 30 heavy (non-hydrogen) atoms. The van der Waals surface area contributed by atoms with Crippen molar-refractivity contribution in [3.05, 3.63) is 66.4 Å². The fraction of sp³-hybridized carbons (Fsp3) is 0.238. The van der Waals surface area contributed by atoms with Gasteiger partial charge >= 0.3 is 6.18 Å². The first-order chi connectivity index (χ1) is 14.3. The number of nitrogens with zero attached hydrogens (tertiary/aromatic N) is 1. The zero-order valence-electron chi connectivity index (χ0n) is 16.2. The van der Waals surface area contributed by atoms with Gasteiger partial charge in [-0.05, 0) is 35.4 Å². The molecule has 0 unspecified atom stereocenters. The predicted octanol–water partition coefficient (Wildman–Crippen LogP) is 3.93. The highest BCUT2D eigenvalue weighted by Crippen LogP contribution is 2.28. The molecule has 0 fully saturated rings. The largest absolute Gasteiger partial charge is 0.493 e. The van der Waals surface area contributed by atoms with Crippen LogP contribution in [0.2, 0.25) is 0 Å². The SMILES string of the molecule is C=CCOc1ccc(/C=C/C(=O)NCc2ccnc(OCC(F)(F)F)c2)cc1OC. The topological polar surface area (TPSA) is 69.7 Å². The fourth-order valence-corrected chi connectivity index (χ4v) is 2.27. The van der Waals surface area contributed by atoms with Gasteiger partial charge in [0, 0.05) is 24.9 Å². The molecule has 160 valence electrons. The maximum absolute atomic E-state index is 12.2. The Hall–Kier alpha value is -3.49. The average Bonchev–Trinajstić information content (AvgIpc) is 2.73. The normalized spacial score (nSPS) is 11.2. The number of ether oxygens (including phenoxy) is 3. The fourth-order valence-electron chi connectivity index (χ4n) is 2.27. The highest BCUT2D eigenvalue weighted by atomic mass is 19.4. The summed E-state index contributed by atoms with van der Waals surface area (Å²) in [5, 5.41) is 2.64. The van der Waals surface area contributed by atoms with E-state index in [1.165, 1.54) is 25.4 Å². The summed E-state index contributed by atoms with van der Waals surface area (Å²) in [5.41, 5.74) is 1.27. The minimum Gasteiger partial charge on any atom is -0.493 e. The third kappa shape index (κ3) is 7.86. The number of halogens is 3. The number of hydrogen-bond acceptors (Lipinski definition) is 5. The first kappa shape index (κ1) is 22.8. The molecule has 1 N–H and O–H groups in total. The second-order valence-corrected chi connectivity index (χ2v) is 5.97. The molecule has 0 atom stereocenters. The Morgan fingerprint density at radius 1 is 1.20 bits per heavy atom. The van der Waals surface area contributed by atoms with Crippen LogP contribution < -0.4 is 19.5 Å². The highest BCUT2D eigenvalue weighted by molar-refractivity contribution is 5.91. The van der Waals surface area contributed by atoms with E-state index in [2.05, 4.69) is 21.6 Å². The van der Waals surface area contributed by atoms with Crippen molar-refractivity contribution < 1.29 is 32.2 Å². The van der Waals surface area contributed by atoms with Gasteiger partial charge in [-0.3, -0.25) is 4.79 Å². The molecule has 1 amide bonds. The van der Waals surface area contributed by atoms with Crippen LogP contribution in [0, 0.1) is 0 Å². The predicted molar refractivity (Wildman–Crippen MR) is 105 cm³/mol. The van der Waals surface area contributed by atoms with Crippen LogP contribution in [0.1, 0.15) is 11.1 Å². The number of nitrogens with one attached hydrogen (secondary N) is 1. The molecule has 9 heteroatoms. The summed E-state index contributed by atoms with van der Waals surface area (Å²) >= 11 is 0. The van der Waals surface area contributed by atoms with E-state index in [0.29, 0.717) is 23.7 Å². The van der Waals surface area contributed by atoms with Crippen molar-refractivity contribution in [2.75, 3.05) is 20.3 Å². The Labute approximate surface area is 172 Å².